The van der Waals surface area contributed by atoms with Crippen molar-refractivity contribution in [2.45, 2.75) is 13.8 Å². The fourth-order valence-corrected chi connectivity index (χ4v) is 0.358. The molecule has 0 bridgehead atoms. The van der Waals surface area contributed by atoms with Crippen molar-refractivity contribution in [2.24, 2.45) is 5.73 Å². The van der Waals surface area contributed by atoms with Gasteiger partial charge in [-0.2, -0.15) is 0 Å². The van der Waals surface area contributed by atoms with Crippen molar-refractivity contribution in [3.05, 3.63) is 16.6 Å². The molecule has 1 amide bonds. The molecule has 0 aliphatic heterocycles. The van der Waals surface area contributed by atoms with Gasteiger partial charge in [-0.25, -0.2) is 0 Å². The minimum Gasteiger partial charge on any atom is -0.372 e. The van der Waals surface area contributed by atoms with Gasteiger partial charge >= 0.3 is 0 Å². The molecular weight excluding hydrogens is 150 g/mol. The maximum atomic E-state index is 10.3. The first-order chi connectivity index (χ1) is 5.13. The SMILES string of the molecule is Cc1no[n+]([O-])c1C.NC=O. The third kappa shape index (κ3) is 2.65. The molecule has 0 spiro atoms. The summed E-state index contributed by atoms with van der Waals surface area (Å²) in [6.07, 6.45) is 0.250. The van der Waals surface area contributed by atoms with Gasteiger partial charge in [0.1, 0.15) is 0 Å². The minimum atomic E-state index is 0.250. The molecule has 0 aliphatic carbocycles. The molecule has 11 heavy (non-hydrogen) atoms. The number of rotatable bonds is 0. The molecule has 0 radical (unpaired) electrons. The van der Waals surface area contributed by atoms with Crippen LogP contribution in [0.3, 0.4) is 0 Å². The van der Waals surface area contributed by atoms with Crippen LogP contribution in [0, 0.1) is 19.1 Å². The van der Waals surface area contributed by atoms with Gasteiger partial charge in [0.2, 0.25) is 12.1 Å². The largest absolute Gasteiger partial charge is 0.372 e. The Morgan fingerprint density at radius 2 is 2.18 bits per heavy atom. The fraction of sp³-hybridized carbons (Fsp3) is 0.400. The summed E-state index contributed by atoms with van der Waals surface area (Å²) in [5, 5.41) is 13.7. The molecule has 0 unspecified atom stereocenters. The van der Waals surface area contributed by atoms with E-state index in [1.807, 2.05) is 0 Å². The molecule has 1 heterocycles. The topological polar surface area (TPSA) is 96.1 Å². The van der Waals surface area contributed by atoms with Crippen molar-refractivity contribution in [3.8, 4) is 0 Å². The molecule has 0 atom stereocenters. The van der Waals surface area contributed by atoms with E-state index in [2.05, 4.69) is 15.5 Å². The zero-order chi connectivity index (χ0) is 8.85. The number of nitrogens with two attached hydrogens (primary N) is 1. The summed E-state index contributed by atoms with van der Waals surface area (Å²) in [7, 11) is 0. The van der Waals surface area contributed by atoms with Gasteiger partial charge < -0.3 is 10.9 Å². The number of carbonyl (C=O) groups is 1. The van der Waals surface area contributed by atoms with Crippen molar-refractivity contribution >= 4 is 6.41 Å². The minimum absolute atomic E-state index is 0.250. The van der Waals surface area contributed by atoms with E-state index in [-0.39, 0.29) is 6.41 Å². The van der Waals surface area contributed by atoms with E-state index in [4.69, 9.17) is 4.79 Å². The summed E-state index contributed by atoms with van der Waals surface area (Å²) >= 11 is 0. The number of nitrogens with zero attached hydrogens (tertiary/aromatic N) is 2. The lowest BCUT2D eigenvalue weighted by molar-refractivity contribution is -0.806. The Hall–Kier alpha value is -1.59. The monoisotopic (exact) mass is 159 g/mol. The molecule has 6 heteroatoms. The average molecular weight is 159 g/mol. The highest BCUT2D eigenvalue weighted by Crippen LogP contribution is 1.92. The predicted molar refractivity (Wildman–Crippen MR) is 35.2 cm³/mol. The summed E-state index contributed by atoms with van der Waals surface area (Å²) in [6, 6.07) is 0. The molecule has 1 rings (SSSR count). The lowest BCUT2D eigenvalue weighted by atomic mass is 10.4. The summed E-state index contributed by atoms with van der Waals surface area (Å²) < 4.78 is 4.21. The number of aryl methyl sites for hydroxylation is 1. The maximum Gasteiger partial charge on any atom is 0.217 e. The van der Waals surface area contributed by atoms with E-state index in [1.54, 1.807) is 13.8 Å². The smallest absolute Gasteiger partial charge is 0.217 e. The Labute approximate surface area is 63.1 Å². The summed E-state index contributed by atoms with van der Waals surface area (Å²) in [6.45, 7) is 3.37. The van der Waals surface area contributed by atoms with Gasteiger partial charge in [0.05, 0.1) is 0 Å². The number of primary amides is 1. The van der Waals surface area contributed by atoms with Crippen LogP contribution in [0.2, 0.25) is 0 Å². The molecule has 6 nitrogen and oxygen atoms in total. The van der Waals surface area contributed by atoms with Crippen LogP contribution in [0.1, 0.15) is 11.4 Å². The highest BCUT2D eigenvalue weighted by Gasteiger charge is 2.05. The number of hydrogen-bond acceptors (Lipinski definition) is 4. The van der Waals surface area contributed by atoms with E-state index >= 15 is 0 Å². The fourth-order valence-electron chi connectivity index (χ4n) is 0.358. The quantitative estimate of drug-likeness (QED) is 0.389. The zero-order valence-electron chi connectivity index (χ0n) is 6.27. The predicted octanol–water partition coefficient (Wildman–Crippen LogP) is -0.974. The van der Waals surface area contributed by atoms with Crippen molar-refractivity contribution in [1.29, 1.82) is 0 Å². The number of aromatic nitrogens is 2. The lowest BCUT2D eigenvalue weighted by Crippen LogP contribution is -2.25. The van der Waals surface area contributed by atoms with Crippen molar-refractivity contribution in [1.82, 2.24) is 5.16 Å². The van der Waals surface area contributed by atoms with Crippen LogP contribution in [-0.2, 0) is 4.79 Å². The Bertz CT molecular complexity index is 213. The lowest BCUT2D eigenvalue weighted by Gasteiger charge is -1.82. The molecule has 1 aromatic rings. The molecule has 0 aliphatic rings. The molecule has 0 saturated carbocycles. The van der Waals surface area contributed by atoms with Gasteiger partial charge in [-0.15, -0.1) is 0 Å². The van der Waals surface area contributed by atoms with E-state index in [0.717, 1.165) is 0 Å². The standard InChI is InChI=1S/C4H6N2O2.CH3NO/c1-3-4(2)6(7)8-5-3;2-1-3/h1-2H3;1H,(H2,2,3). The molecule has 0 aromatic carbocycles. The highest BCUT2D eigenvalue weighted by molar-refractivity contribution is 5.42. The first kappa shape index (κ1) is 9.41. The molecule has 2 N–H and O–H groups in total. The summed E-state index contributed by atoms with van der Waals surface area (Å²) in [4.78, 5) is 8.97. The van der Waals surface area contributed by atoms with Crippen LogP contribution < -0.4 is 10.6 Å². The van der Waals surface area contributed by atoms with E-state index in [0.29, 0.717) is 16.3 Å². The Morgan fingerprint density at radius 1 is 1.73 bits per heavy atom. The van der Waals surface area contributed by atoms with Gasteiger partial charge in [0, 0.05) is 19.0 Å². The molecule has 1 aromatic heterocycles. The Balaban J connectivity index is 0.000000292. The summed E-state index contributed by atoms with van der Waals surface area (Å²) in [5.41, 5.74) is 5.32. The van der Waals surface area contributed by atoms with Crippen LogP contribution in [0.25, 0.3) is 0 Å². The second-order valence-corrected chi connectivity index (χ2v) is 1.74. The van der Waals surface area contributed by atoms with Crippen LogP contribution in [-0.4, -0.2) is 11.6 Å². The molecule has 0 saturated heterocycles. The number of carbonyl (C=O) groups excluding carboxylic acids is 1. The second-order valence-electron chi connectivity index (χ2n) is 1.74. The molecule has 0 fully saturated rings. The molecular formula is C5H9N3O3. The van der Waals surface area contributed by atoms with Crippen molar-refractivity contribution in [3.63, 3.8) is 0 Å². The van der Waals surface area contributed by atoms with Gasteiger partial charge in [-0.3, -0.25) is 9.42 Å². The highest BCUT2D eigenvalue weighted by atomic mass is 16.8. The van der Waals surface area contributed by atoms with Gasteiger partial charge in [-0.1, -0.05) is 0 Å². The average Bonchev–Trinajstić information content (AvgIpc) is 2.22. The van der Waals surface area contributed by atoms with Crippen molar-refractivity contribution < 1.29 is 14.3 Å². The first-order valence-electron chi connectivity index (χ1n) is 2.81. The Morgan fingerprint density at radius 3 is 2.27 bits per heavy atom. The summed E-state index contributed by atoms with van der Waals surface area (Å²) in [5.74, 6) is 0. The molecule has 62 valence electrons. The van der Waals surface area contributed by atoms with Crippen LogP contribution >= 0.6 is 0 Å². The normalized spacial score (nSPS) is 8.18. The van der Waals surface area contributed by atoms with Gasteiger partial charge in [-0.05, 0) is 4.90 Å². The van der Waals surface area contributed by atoms with Crippen LogP contribution in [0.5, 0.6) is 0 Å². The maximum absolute atomic E-state index is 10.3. The van der Waals surface area contributed by atoms with Gasteiger partial charge in [0.15, 0.2) is 5.69 Å². The van der Waals surface area contributed by atoms with Crippen molar-refractivity contribution in [2.75, 3.05) is 0 Å². The number of amides is 1. The third-order valence-corrected chi connectivity index (χ3v) is 1.05. The van der Waals surface area contributed by atoms with E-state index in [1.165, 1.54) is 0 Å². The second kappa shape index (κ2) is 4.26. The van der Waals surface area contributed by atoms with Crippen LogP contribution in [0.15, 0.2) is 4.63 Å². The third-order valence-electron chi connectivity index (χ3n) is 1.05. The van der Waals surface area contributed by atoms with Gasteiger partial charge in [0.25, 0.3) is 0 Å². The zero-order valence-corrected chi connectivity index (χ0v) is 6.27. The first-order valence-corrected chi connectivity index (χ1v) is 2.81. The van der Waals surface area contributed by atoms with Crippen LogP contribution in [0.4, 0.5) is 0 Å². The Kier molecular flexibility index (Phi) is 3.65. The van der Waals surface area contributed by atoms with E-state index < -0.39 is 0 Å². The van der Waals surface area contributed by atoms with E-state index in [9.17, 15) is 5.21 Å². The number of hydrogen-bond donors (Lipinski definition) is 1.